The van der Waals surface area contributed by atoms with Crippen LogP contribution in [0.1, 0.15) is 29.8 Å². The molecule has 0 aliphatic carbocycles. The lowest BCUT2D eigenvalue weighted by atomic mass is 9.91. The molecule has 0 atom stereocenters. The molecule has 1 aromatic heterocycles. The third-order valence-corrected chi connectivity index (χ3v) is 5.95. The quantitative estimate of drug-likeness (QED) is 0.826. The van der Waals surface area contributed by atoms with Gasteiger partial charge in [-0.2, -0.15) is 5.10 Å². The molecule has 0 saturated carbocycles. The fourth-order valence-corrected chi connectivity index (χ4v) is 4.10. The minimum Gasteiger partial charge on any atom is -0.281 e. The molecule has 0 radical (unpaired) electrons. The lowest BCUT2D eigenvalue weighted by molar-refractivity contribution is 0.290. The molecular weight excluding hydrogens is 314 g/mol. The zero-order valence-electron chi connectivity index (χ0n) is 13.1. The molecule has 1 aliphatic heterocycles. The van der Waals surface area contributed by atoms with Crippen LogP contribution in [0.3, 0.4) is 0 Å². The molecule has 118 valence electrons. The van der Waals surface area contributed by atoms with E-state index in [9.17, 15) is 0 Å². The Morgan fingerprint density at radius 2 is 1.91 bits per heavy atom. The number of nitrogens with zero attached hydrogens (tertiary/aromatic N) is 2. The molecule has 1 N–H and O–H groups in total. The van der Waals surface area contributed by atoms with Gasteiger partial charge in [-0.25, -0.2) is 4.31 Å². The van der Waals surface area contributed by atoms with Gasteiger partial charge >= 0.3 is 0 Å². The number of hydrogen-bond acceptors (Lipinski definition) is 3. The maximum absolute atomic E-state index is 5.95. The summed E-state index contributed by atoms with van der Waals surface area (Å²) in [5.41, 5.74) is 3.67. The van der Waals surface area contributed by atoms with Crippen LogP contribution >= 0.6 is 23.5 Å². The van der Waals surface area contributed by atoms with Crippen molar-refractivity contribution in [1.82, 2.24) is 14.5 Å². The molecule has 0 spiro atoms. The number of halogens is 1. The number of aromatic nitrogens is 2. The summed E-state index contributed by atoms with van der Waals surface area (Å²) in [7, 11) is 0. The van der Waals surface area contributed by atoms with Gasteiger partial charge in [0.2, 0.25) is 0 Å². The Balaban J connectivity index is 1.51. The van der Waals surface area contributed by atoms with Crippen molar-refractivity contribution < 1.29 is 0 Å². The summed E-state index contributed by atoms with van der Waals surface area (Å²) in [6, 6.07) is 8.29. The predicted molar refractivity (Wildman–Crippen MR) is 93.4 cm³/mol. The lowest BCUT2D eigenvalue weighted by Gasteiger charge is -2.31. The number of aryl methyl sites for hydroxylation is 2. The number of nitrogens with one attached hydrogen (secondary N) is 1. The number of rotatable bonds is 4. The van der Waals surface area contributed by atoms with Gasteiger partial charge in [0.05, 0.1) is 10.6 Å². The van der Waals surface area contributed by atoms with E-state index in [1.165, 1.54) is 35.4 Å². The smallest absolute Gasteiger partial charge is 0.0743 e. The summed E-state index contributed by atoms with van der Waals surface area (Å²) in [6.45, 7) is 6.45. The molecule has 3 rings (SSSR count). The maximum Gasteiger partial charge on any atom is 0.0743 e. The summed E-state index contributed by atoms with van der Waals surface area (Å²) in [4.78, 5) is 1.29. The van der Waals surface area contributed by atoms with E-state index in [4.69, 9.17) is 11.6 Å². The first kappa shape index (κ1) is 15.9. The minimum atomic E-state index is 0.782. The Bertz CT molecular complexity index is 596. The van der Waals surface area contributed by atoms with Gasteiger partial charge in [0.1, 0.15) is 0 Å². The van der Waals surface area contributed by atoms with Crippen LogP contribution in [0.2, 0.25) is 5.02 Å². The van der Waals surface area contributed by atoms with Gasteiger partial charge in [-0.05, 0) is 68.7 Å². The number of aromatic amines is 1. The Morgan fingerprint density at radius 3 is 2.50 bits per heavy atom. The molecule has 22 heavy (non-hydrogen) atoms. The summed E-state index contributed by atoms with van der Waals surface area (Å²) >= 11 is 7.81. The first-order chi connectivity index (χ1) is 10.6. The molecule has 1 aliphatic rings. The predicted octanol–water partition coefficient (Wildman–Crippen LogP) is 4.64. The normalized spacial score (nSPS) is 17.0. The van der Waals surface area contributed by atoms with Crippen LogP contribution in [-0.2, 0) is 6.42 Å². The molecular formula is C17H22ClN3S. The van der Waals surface area contributed by atoms with Crippen LogP contribution in [0.4, 0.5) is 0 Å². The van der Waals surface area contributed by atoms with E-state index < -0.39 is 0 Å². The van der Waals surface area contributed by atoms with Gasteiger partial charge < -0.3 is 0 Å². The van der Waals surface area contributed by atoms with Gasteiger partial charge in [-0.1, -0.05) is 23.7 Å². The molecule has 2 heterocycles. The number of H-pyrrole nitrogens is 1. The molecule has 0 unspecified atom stereocenters. The Kier molecular flexibility index (Phi) is 5.11. The summed E-state index contributed by atoms with van der Waals surface area (Å²) in [5.74, 6) is 0.782. The highest BCUT2D eigenvalue weighted by atomic mass is 35.5. The van der Waals surface area contributed by atoms with Crippen LogP contribution in [0.25, 0.3) is 0 Å². The minimum absolute atomic E-state index is 0.782. The molecule has 1 aromatic carbocycles. The molecule has 1 fully saturated rings. The maximum atomic E-state index is 5.95. The highest BCUT2D eigenvalue weighted by Gasteiger charge is 2.21. The number of benzene rings is 1. The second-order valence-corrected chi connectivity index (χ2v) is 7.60. The van der Waals surface area contributed by atoms with Gasteiger partial charge in [-0.3, -0.25) is 5.10 Å². The van der Waals surface area contributed by atoms with Crippen molar-refractivity contribution in [1.29, 1.82) is 0 Å². The fourth-order valence-electron chi connectivity index (χ4n) is 2.96. The van der Waals surface area contributed by atoms with E-state index in [-0.39, 0.29) is 0 Å². The van der Waals surface area contributed by atoms with E-state index in [0.29, 0.717) is 0 Å². The van der Waals surface area contributed by atoms with Gasteiger partial charge in [0.15, 0.2) is 0 Å². The average molecular weight is 336 g/mol. The Morgan fingerprint density at radius 1 is 1.23 bits per heavy atom. The summed E-state index contributed by atoms with van der Waals surface area (Å²) in [5, 5.41) is 8.16. The van der Waals surface area contributed by atoms with Gasteiger partial charge in [0.25, 0.3) is 0 Å². The van der Waals surface area contributed by atoms with Crippen molar-refractivity contribution in [2.45, 2.75) is 38.0 Å². The van der Waals surface area contributed by atoms with Crippen LogP contribution in [0, 0.1) is 19.8 Å². The Hall–Kier alpha value is -0.970. The number of piperidine rings is 1. The molecule has 1 saturated heterocycles. The molecule has 5 heteroatoms. The van der Waals surface area contributed by atoms with E-state index in [0.717, 1.165) is 29.7 Å². The van der Waals surface area contributed by atoms with Crippen LogP contribution in [0.15, 0.2) is 29.2 Å². The fraction of sp³-hybridized carbons (Fsp3) is 0.471. The molecule has 2 aromatic rings. The van der Waals surface area contributed by atoms with Crippen LogP contribution in [0.5, 0.6) is 0 Å². The SMILES string of the molecule is Cc1n[nH]c(C)c1SN1CCC(Cc2ccc(Cl)cc2)CC1. The molecule has 3 nitrogen and oxygen atoms in total. The standard InChI is InChI=1S/C17H22ClN3S/c1-12-17(13(2)20-19-12)22-21-9-7-15(8-10-21)11-14-3-5-16(18)6-4-14/h3-6,15H,7-11H2,1-2H3,(H,19,20). The third-order valence-electron chi connectivity index (χ3n) is 4.29. The largest absolute Gasteiger partial charge is 0.281 e. The average Bonchev–Trinajstić information content (AvgIpc) is 2.83. The van der Waals surface area contributed by atoms with E-state index >= 15 is 0 Å². The van der Waals surface area contributed by atoms with Crippen LogP contribution in [-0.4, -0.2) is 27.6 Å². The molecule has 0 amide bonds. The Labute approximate surface area is 141 Å². The first-order valence-corrected chi connectivity index (χ1v) is 8.96. The zero-order valence-corrected chi connectivity index (χ0v) is 14.7. The number of hydrogen-bond donors (Lipinski definition) is 1. The second-order valence-electron chi connectivity index (χ2n) is 6.06. The van der Waals surface area contributed by atoms with E-state index in [2.05, 4.69) is 40.5 Å². The highest BCUT2D eigenvalue weighted by Crippen LogP contribution is 2.32. The third kappa shape index (κ3) is 3.86. The summed E-state index contributed by atoms with van der Waals surface area (Å²) < 4.78 is 2.48. The van der Waals surface area contributed by atoms with E-state index in [1.807, 2.05) is 24.1 Å². The zero-order chi connectivity index (χ0) is 15.5. The van der Waals surface area contributed by atoms with Gasteiger partial charge in [-0.15, -0.1) is 0 Å². The van der Waals surface area contributed by atoms with Crippen molar-refractivity contribution in [2.24, 2.45) is 5.92 Å². The van der Waals surface area contributed by atoms with Crippen molar-refractivity contribution in [2.75, 3.05) is 13.1 Å². The summed E-state index contributed by atoms with van der Waals surface area (Å²) in [6.07, 6.45) is 3.68. The topological polar surface area (TPSA) is 31.9 Å². The van der Waals surface area contributed by atoms with Crippen molar-refractivity contribution in [3.05, 3.63) is 46.2 Å². The molecule has 0 bridgehead atoms. The lowest BCUT2D eigenvalue weighted by Crippen LogP contribution is -2.29. The van der Waals surface area contributed by atoms with Crippen molar-refractivity contribution in [3.63, 3.8) is 0 Å². The van der Waals surface area contributed by atoms with Crippen LogP contribution < -0.4 is 0 Å². The highest BCUT2D eigenvalue weighted by molar-refractivity contribution is 7.97. The van der Waals surface area contributed by atoms with Gasteiger partial charge in [0, 0.05) is 23.8 Å². The second kappa shape index (κ2) is 7.07. The monoisotopic (exact) mass is 335 g/mol. The van der Waals surface area contributed by atoms with Crippen molar-refractivity contribution in [3.8, 4) is 0 Å². The van der Waals surface area contributed by atoms with Crippen molar-refractivity contribution >= 4 is 23.5 Å². The van der Waals surface area contributed by atoms with E-state index in [1.54, 1.807) is 0 Å². The first-order valence-electron chi connectivity index (χ1n) is 7.81.